The Labute approximate surface area is 129 Å². The Morgan fingerprint density at radius 1 is 1.43 bits per heavy atom. The zero-order valence-electron chi connectivity index (χ0n) is 11.9. The molecular formula is C13H12N4O6. The van der Waals surface area contributed by atoms with Crippen molar-refractivity contribution in [3.05, 3.63) is 39.9 Å². The van der Waals surface area contributed by atoms with Gasteiger partial charge in [0.25, 0.3) is 5.69 Å². The summed E-state index contributed by atoms with van der Waals surface area (Å²) in [6.45, 7) is 1.33. The summed E-state index contributed by atoms with van der Waals surface area (Å²) in [5.41, 5.74) is 4.95. The second-order valence-electron chi connectivity index (χ2n) is 4.86. The van der Waals surface area contributed by atoms with Crippen molar-refractivity contribution in [2.24, 2.45) is 16.6 Å². The van der Waals surface area contributed by atoms with Gasteiger partial charge in [0.1, 0.15) is 5.92 Å². The van der Waals surface area contributed by atoms with E-state index in [1.165, 1.54) is 25.1 Å². The fourth-order valence-corrected chi connectivity index (χ4v) is 2.48. The molecule has 0 fully saturated rings. The highest BCUT2D eigenvalue weighted by atomic mass is 16.6. The van der Waals surface area contributed by atoms with Gasteiger partial charge in [0.2, 0.25) is 0 Å². The highest BCUT2D eigenvalue weighted by molar-refractivity contribution is 6.11. The second kappa shape index (κ2) is 5.83. The number of rotatable bonds is 3. The van der Waals surface area contributed by atoms with Crippen LogP contribution in [0.15, 0.2) is 29.3 Å². The van der Waals surface area contributed by atoms with Gasteiger partial charge >= 0.3 is 18.0 Å². The normalized spacial score (nSPS) is 20.8. The number of benzene rings is 1. The van der Waals surface area contributed by atoms with Crippen LogP contribution in [0.1, 0.15) is 18.5 Å². The molecule has 23 heavy (non-hydrogen) atoms. The smallest absolute Gasteiger partial charge is 0.352 e. The number of amides is 4. The summed E-state index contributed by atoms with van der Waals surface area (Å²) >= 11 is 0. The van der Waals surface area contributed by atoms with Crippen LogP contribution in [-0.4, -0.2) is 38.7 Å². The van der Waals surface area contributed by atoms with Crippen LogP contribution in [0.2, 0.25) is 0 Å². The molecular weight excluding hydrogens is 308 g/mol. The molecule has 3 N–H and O–H groups in total. The van der Waals surface area contributed by atoms with Crippen molar-refractivity contribution in [3.8, 4) is 0 Å². The number of carbonyl (C=O) groups excluding carboxylic acids is 2. The minimum atomic E-state index is -1.35. The molecule has 2 atom stereocenters. The Morgan fingerprint density at radius 3 is 2.61 bits per heavy atom. The van der Waals surface area contributed by atoms with Crippen molar-refractivity contribution in [3.63, 3.8) is 0 Å². The average Bonchev–Trinajstić information content (AvgIpc) is 2.45. The zero-order valence-corrected chi connectivity index (χ0v) is 11.9. The number of urea groups is 2. The minimum absolute atomic E-state index is 0.0171. The van der Waals surface area contributed by atoms with Gasteiger partial charge in [-0.15, -0.1) is 0 Å². The monoisotopic (exact) mass is 320 g/mol. The molecule has 120 valence electrons. The molecule has 1 aliphatic heterocycles. The van der Waals surface area contributed by atoms with Crippen LogP contribution >= 0.6 is 0 Å². The van der Waals surface area contributed by atoms with Crippen molar-refractivity contribution in [1.29, 1.82) is 0 Å². The topological polar surface area (TPSA) is 156 Å². The van der Waals surface area contributed by atoms with E-state index in [-0.39, 0.29) is 17.0 Å². The van der Waals surface area contributed by atoms with E-state index < -0.39 is 34.9 Å². The van der Waals surface area contributed by atoms with Crippen molar-refractivity contribution < 1.29 is 24.4 Å². The highest BCUT2D eigenvalue weighted by Crippen LogP contribution is 2.35. The molecule has 2 rings (SSSR count). The first-order valence-corrected chi connectivity index (χ1v) is 6.39. The van der Waals surface area contributed by atoms with Crippen LogP contribution in [0.25, 0.3) is 0 Å². The van der Waals surface area contributed by atoms with Gasteiger partial charge in [0.15, 0.2) is 0 Å². The Hall–Kier alpha value is -3.30. The fourth-order valence-electron chi connectivity index (χ4n) is 2.48. The fraction of sp³-hybridized carbons (Fsp3) is 0.231. The summed E-state index contributed by atoms with van der Waals surface area (Å²) < 4.78 is 0. The number of non-ortho nitro benzene ring substituents is 1. The number of imide groups is 1. The quantitative estimate of drug-likeness (QED) is 0.631. The van der Waals surface area contributed by atoms with Crippen LogP contribution < -0.4 is 5.73 Å². The lowest BCUT2D eigenvalue weighted by molar-refractivity contribution is -0.385. The number of nitrogens with zero attached hydrogens (tertiary/aromatic N) is 3. The number of nitro groups is 1. The van der Waals surface area contributed by atoms with Gasteiger partial charge in [-0.3, -0.25) is 14.9 Å². The summed E-state index contributed by atoms with van der Waals surface area (Å²) in [7, 11) is 0. The summed E-state index contributed by atoms with van der Waals surface area (Å²) in [6.07, 6.45) is 0. The second-order valence-corrected chi connectivity index (χ2v) is 4.86. The third-order valence-electron chi connectivity index (χ3n) is 3.45. The molecule has 1 aliphatic rings. The van der Waals surface area contributed by atoms with Gasteiger partial charge in [-0.1, -0.05) is 12.1 Å². The van der Waals surface area contributed by atoms with Crippen molar-refractivity contribution in [1.82, 2.24) is 4.90 Å². The molecule has 0 spiro atoms. The molecule has 0 aromatic heterocycles. The first-order valence-electron chi connectivity index (χ1n) is 6.39. The number of hydrogen-bond acceptors (Lipinski definition) is 5. The molecule has 10 nitrogen and oxygen atoms in total. The maximum absolute atomic E-state index is 11.9. The van der Waals surface area contributed by atoms with E-state index in [4.69, 9.17) is 5.73 Å². The molecule has 1 aromatic rings. The van der Waals surface area contributed by atoms with Gasteiger partial charge in [-0.25, -0.2) is 19.5 Å². The first kappa shape index (κ1) is 16.1. The number of hydrogen-bond donors (Lipinski definition) is 2. The van der Waals surface area contributed by atoms with Crippen molar-refractivity contribution in [2.75, 3.05) is 0 Å². The summed E-state index contributed by atoms with van der Waals surface area (Å²) in [6, 6.07) is 1.52. The molecule has 0 aliphatic carbocycles. The first-order chi connectivity index (χ1) is 10.7. The Kier molecular flexibility index (Phi) is 4.08. The third-order valence-corrected chi connectivity index (χ3v) is 3.45. The average molecular weight is 320 g/mol. The van der Waals surface area contributed by atoms with Gasteiger partial charge in [-0.2, -0.15) is 0 Å². The van der Waals surface area contributed by atoms with Crippen LogP contribution in [-0.2, 0) is 4.79 Å². The Morgan fingerprint density at radius 2 is 2.09 bits per heavy atom. The number of nitro benzene ring substituents is 1. The van der Waals surface area contributed by atoms with E-state index in [9.17, 15) is 29.6 Å². The SMILES string of the molecule is CC1=NC(=O)N(C(N)=O)C(c2cccc([N+](=O)[O-])c2)C1C(=O)O. The van der Waals surface area contributed by atoms with Gasteiger partial charge < -0.3 is 10.8 Å². The maximum atomic E-state index is 11.9. The highest BCUT2D eigenvalue weighted by Gasteiger charge is 2.44. The van der Waals surface area contributed by atoms with E-state index in [2.05, 4.69) is 4.99 Å². The Bertz CT molecular complexity index is 744. The van der Waals surface area contributed by atoms with Crippen LogP contribution in [0.4, 0.5) is 15.3 Å². The number of aliphatic carboxylic acids is 1. The van der Waals surface area contributed by atoms with Gasteiger partial charge in [0, 0.05) is 17.8 Å². The maximum Gasteiger partial charge on any atom is 0.352 e. The van der Waals surface area contributed by atoms with E-state index in [1.54, 1.807) is 0 Å². The van der Waals surface area contributed by atoms with Crippen LogP contribution in [0, 0.1) is 16.0 Å². The predicted octanol–water partition coefficient (Wildman–Crippen LogP) is 1.31. The summed E-state index contributed by atoms with van der Waals surface area (Å²) in [4.78, 5) is 49.3. The molecule has 0 saturated carbocycles. The molecule has 1 heterocycles. The molecule has 0 saturated heterocycles. The molecule has 1 aromatic carbocycles. The van der Waals surface area contributed by atoms with E-state index in [0.717, 1.165) is 6.07 Å². The number of carboxylic acid groups (broad SMARTS) is 1. The summed E-state index contributed by atoms with van der Waals surface area (Å²) in [5, 5.41) is 20.3. The van der Waals surface area contributed by atoms with Crippen molar-refractivity contribution >= 4 is 29.4 Å². The number of aliphatic imine (C=N–C) groups is 1. The van der Waals surface area contributed by atoms with Crippen molar-refractivity contribution in [2.45, 2.75) is 13.0 Å². The molecule has 10 heteroatoms. The molecule has 0 radical (unpaired) electrons. The zero-order chi connectivity index (χ0) is 17.3. The number of primary amides is 1. The van der Waals surface area contributed by atoms with Gasteiger partial charge in [-0.05, 0) is 12.5 Å². The lowest BCUT2D eigenvalue weighted by Crippen LogP contribution is -2.51. The molecule has 2 unspecified atom stereocenters. The summed E-state index contributed by atoms with van der Waals surface area (Å²) in [5.74, 6) is -2.68. The lowest BCUT2D eigenvalue weighted by Gasteiger charge is -2.35. The number of carboxylic acids is 1. The third kappa shape index (κ3) is 2.86. The Balaban J connectivity index is 2.65. The number of carbonyl (C=O) groups is 3. The number of nitrogens with two attached hydrogens (primary N) is 1. The minimum Gasteiger partial charge on any atom is -0.481 e. The van der Waals surface area contributed by atoms with E-state index in [1.807, 2.05) is 0 Å². The molecule has 0 bridgehead atoms. The molecule has 4 amide bonds. The van der Waals surface area contributed by atoms with E-state index in [0.29, 0.717) is 4.90 Å². The van der Waals surface area contributed by atoms with Gasteiger partial charge in [0.05, 0.1) is 11.0 Å². The van der Waals surface area contributed by atoms with Crippen LogP contribution in [0.3, 0.4) is 0 Å². The largest absolute Gasteiger partial charge is 0.481 e. The predicted molar refractivity (Wildman–Crippen MR) is 76.9 cm³/mol. The lowest BCUT2D eigenvalue weighted by atomic mass is 9.87. The van der Waals surface area contributed by atoms with E-state index >= 15 is 0 Å². The standard InChI is InChI=1S/C13H12N4O6/c1-6-9(11(18)19)10(16(12(14)20)13(21)15-6)7-3-2-4-8(5-7)17(22)23/h2-5,9-10H,1H3,(H2,14,20)(H,18,19). The van der Waals surface area contributed by atoms with Crippen LogP contribution in [0.5, 0.6) is 0 Å².